The molecule has 2 aliphatic heterocycles. The van der Waals surface area contributed by atoms with Crippen LogP contribution < -0.4 is 0 Å². The van der Waals surface area contributed by atoms with Crippen LogP contribution in [0.5, 0.6) is 0 Å². The van der Waals surface area contributed by atoms with Crippen molar-refractivity contribution in [1.82, 2.24) is 4.90 Å². The molecule has 1 unspecified atom stereocenters. The third-order valence-electron chi connectivity index (χ3n) is 2.80. The lowest BCUT2D eigenvalue weighted by Crippen LogP contribution is -2.33. The number of ether oxygens (including phenoxy) is 1. The van der Waals surface area contributed by atoms with Crippen LogP contribution in [-0.2, 0) is 4.74 Å². The van der Waals surface area contributed by atoms with Gasteiger partial charge >= 0.3 is 0 Å². The highest BCUT2D eigenvalue weighted by Gasteiger charge is 2.39. The molecule has 88 valence electrons. The zero-order valence-corrected chi connectivity index (χ0v) is 10.1. The summed E-state index contributed by atoms with van der Waals surface area (Å²) >= 11 is 11.7. The number of amides is 2. The van der Waals surface area contributed by atoms with Gasteiger partial charge in [-0.1, -0.05) is 23.2 Å². The third kappa shape index (κ3) is 1.73. The molecular formula is C11H7Cl2NO3. The van der Waals surface area contributed by atoms with E-state index < -0.39 is 0 Å². The van der Waals surface area contributed by atoms with E-state index in [1.807, 2.05) is 0 Å². The van der Waals surface area contributed by atoms with Gasteiger partial charge in [0.15, 0.2) is 0 Å². The van der Waals surface area contributed by atoms with Crippen LogP contribution >= 0.6 is 23.2 Å². The Labute approximate surface area is 107 Å². The van der Waals surface area contributed by atoms with Crippen LogP contribution in [0.25, 0.3) is 0 Å². The van der Waals surface area contributed by atoms with Crippen LogP contribution in [0.15, 0.2) is 12.1 Å². The summed E-state index contributed by atoms with van der Waals surface area (Å²) in [7, 11) is 0. The van der Waals surface area contributed by atoms with Gasteiger partial charge in [-0.3, -0.25) is 14.5 Å². The van der Waals surface area contributed by atoms with Gasteiger partial charge < -0.3 is 4.74 Å². The molecule has 0 N–H and O–H groups in total. The quantitative estimate of drug-likeness (QED) is 0.611. The van der Waals surface area contributed by atoms with Gasteiger partial charge in [0.1, 0.15) is 0 Å². The molecule has 2 aliphatic rings. The number of nitrogens with zero attached hydrogens (tertiary/aromatic N) is 1. The highest BCUT2D eigenvalue weighted by atomic mass is 35.5. The lowest BCUT2D eigenvalue weighted by Gasteiger charge is -2.10. The minimum atomic E-state index is -0.334. The van der Waals surface area contributed by atoms with Gasteiger partial charge in [-0.2, -0.15) is 0 Å². The Morgan fingerprint density at radius 2 is 1.65 bits per heavy atom. The maximum atomic E-state index is 12.0. The van der Waals surface area contributed by atoms with Crippen molar-refractivity contribution in [3.8, 4) is 0 Å². The number of imide groups is 1. The van der Waals surface area contributed by atoms with Crippen LogP contribution in [0.1, 0.15) is 20.7 Å². The molecule has 1 saturated heterocycles. The van der Waals surface area contributed by atoms with Crippen LogP contribution in [0.4, 0.5) is 0 Å². The molecule has 1 fully saturated rings. The zero-order chi connectivity index (χ0) is 12.2. The molecule has 17 heavy (non-hydrogen) atoms. The van der Waals surface area contributed by atoms with Gasteiger partial charge in [0.25, 0.3) is 11.8 Å². The lowest BCUT2D eigenvalue weighted by molar-refractivity contribution is 0.0642. The molecule has 0 aliphatic carbocycles. The highest BCUT2D eigenvalue weighted by Crippen LogP contribution is 2.32. The summed E-state index contributed by atoms with van der Waals surface area (Å²) < 4.78 is 5.02. The fourth-order valence-corrected chi connectivity index (χ4v) is 2.15. The largest absolute Gasteiger partial charge is 0.371 e. The first-order valence-corrected chi connectivity index (χ1v) is 5.80. The van der Waals surface area contributed by atoms with E-state index in [1.54, 1.807) is 0 Å². The van der Waals surface area contributed by atoms with Crippen molar-refractivity contribution in [2.24, 2.45) is 0 Å². The average molecular weight is 272 g/mol. The minimum Gasteiger partial charge on any atom is -0.371 e. The normalized spacial score (nSPS) is 22.0. The van der Waals surface area contributed by atoms with Crippen molar-refractivity contribution >= 4 is 35.0 Å². The van der Waals surface area contributed by atoms with Gasteiger partial charge in [0, 0.05) is 0 Å². The number of carbonyl (C=O) groups excluding carboxylic acids is 2. The van der Waals surface area contributed by atoms with E-state index in [-0.39, 0.29) is 28.0 Å². The standard InChI is InChI=1S/C11H7Cl2NO3/c12-8-1-6-7(2-9(8)13)11(16)14(10(6)15)3-5-4-17-5/h1-2,5H,3-4H2. The number of rotatable bonds is 2. The Morgan fingerprint density at radius 3 is 2.06 bits per heavy atom. The SMILES string of the molecule is O=C1c2cc(Cl)c(Cl)cc2C(=O)N1CC1CO1. The lowest BCUT2D eigenvalue weighted by atomic mass is 10.1. The van der Waals surface area contributed by atoms with Gasteiger partial charge in [0.2, 0.25) is 0 Å². The number of carbonyl (C=O) groups is 2. The van der Waals surface area contributed by atoms with Crippen LogP contribution in [0.3, 0.4) is 0 Å². The summed E-state index contributed by atoms with van der Waals surface area (Å²) in [4.78, 5) is 25.1. The molecule has 2 amide bonds. The van der Waals surface area contributed by atoms with Crippen molar-refractivity contribution in [1.29, 1.82) is 0 Å². The van der Waals surface area contributed by atoms with E-state index in [0.29, 0.717) is 24.3 Å². The van der Waals surface area contributed by atoms with Crippen LogP contribution in [0, 0.1) is 0 Å². The second-order valence-corrected chi connectivity index (χ2v) is 4.80. The Balaban J connectivity index is 2.01. The molecule has 0 aromatic heterocycles. The number of hydrogen-bond acceptors (Lipinski definition) is 3. The van der Waals surface area contributed by atoms with Crippen molar-refractivity contribution in [3.05, 3.63) is 33.3 Å². The first kappa shape index (κ1) is 11.0. The van der Waals surface area contributed by atoms with E-state index in [9.17, 15) is 9.59 Å². The Kier molecular flexibility index (Phi) is 2.40. The van der Waals surface area contributed by atoms with E-state index in [2.05, 4.69) is 0 Å². The van der Waals surface area contributed by atoms with E-state index in [0.717, 1.165) is 0 Å². The molecule has 0 spiro atoms. The molecule has 3 rings (SSSR count). The van der Waals surface area contributed by atoms with Gasteiger partial charge in [0.05, 0.1) is 40.4 Å². The second-order valence-electron chi connectivity index (χ2n) is 3.99. The molecule has 1 aromatic rings. The van der Waals surface area contributed by atoms with Gasteiger partial charge in [-0.15, -0.1) is 0 Å². The maximum Gasteiger partial charge on any atom is 0.261 e. The molecule has 4 nitrogen and oxygen atoms in total. The third-order valence-corrected chi connectivity index (χ3v) is 3.52. The van der Waals surface area contributed by atoms with Gasteiger partial charge in [-0.25, -0.2) is 0 Å². The molecule has 6 heteroatoms. The summed E-state index contributed by atoms with van der Waals surface area (Å²) in [5.74, 6) is -0.668. The van der Waals surface area contributed by atoms with Gasteiger partial charge in [-0.05, 0) is 12.1 Å². The monoisotopic (exact) mass is 271 g/mol. The number of fused-ring (bicyclic) bond motifs is 1. The topological polar surface area (TPSA) is 49.9 Å². The fraction of sp³-hybridized carbons (Fsp3) is 0.273. The van der Waals surface area contributed by atoms with Crippen LogP contribution in [-0.4, -0.2) is 36.0 Å². The Morgan fingerprint density at radius 1 is 1.18 bits per heavy atom. The summed E-state index contributed by atoms with van der Waals surface area (Å²) in [6, 6.07) is 2.88. The molecule has 2 heterocycles. The Hall–Kier alpha value is -1.10. The number of halogens is 2. The predicted octanol–water partition coefficient (Wildman–Crippen LogP) is 1.99. The van der Waals surface area contributed by atoms with Crippen molar-refractivity contribution in [2.45, 2.75) is 6.10 Å². The summed E-state index contributed by atoms with van der Waals surface area (Å²) in [6.07, 6.45) is -0.0249. The molecular weight excluding hydrogens is 265 g/mol. The Bertz CT molecular complexity index is 499. The summed E-state index contributed by atoms with van der Waals surface area (Å²) in [5, 5.41) is 0.548. The first-order chi connectivity index (χ1) is 8.08. The van der Waals surface area contributed by atoms with Crippen molar-refractivity contribution in [2.75, 3.05) is 13.2 Å². The second kappa shape index (κ2) is 3.70. The summed E-state index contributed by atoms with van der Waals surface area (Å²) in [6.45, 7) is 0.885. The van der Waals surface area contributed by atoms with Crippen molar-refractivity contribution in [3.63, 3.8) is 0 Å². The molecule has 0 radical (unpaired) electrons. The number of epoxide rings is 1. The molecule has 1 aromatic carbocycles. The number of hydrogen-bond donors (Lipinski definition) is 0. The minimum absolute atomic E-state index is 0.0249. The van der Waals surface area contributed by atoms with Crippen molar-refractivity contribution < 1.29 is 14.3 Å². The maximum absolute atomic E-state index is 12.0. The van der Waals surface area contributed by atoms with E-state index in [1.165, 1.54) is 17.0 Å². The van der Waals surface area contributed by atoms with E-state index in [4.69, 9.17) is 27.9 Å². The molecule has 0 saturated carbocycles. The van der Waals surface area contributed by atoms with E-state index >= 15 is 0 Å². The predicted molar refractivity (Wildman–Crippen MR) is 61.6 cm³/mol. The zero-order valence-electron chi connectivity index (χ0n) is 8.57. The highest BCUT2D eigenvalue weighted by molar-refractivity contribution is 6.43. The fourth-order valence-electron chi connectivity index (χ4n) is 1.83. The molecule has 1 atom stereocenters. The first-order valence-electron chi connectivity index (χ1n) is 5.05. The smallest absolute Gasteiger partial charge is 0.261 e. The number of benzene rings is 1. The average Bonchev–Trinajstić information content (AvgIpc) is 3.07. The summed E-state index contributed by atoms with van der Waals surface area (Å²) in [5.41, 5.74) is 0.620. The van der Waals surface area contributed by atoms with Crippen LogP contribution in [0.2, 0.25) is 10.0 Å². The molecule has 0 bridgehead atoms.